The topological polar surface area (TPSA) is 47.3 Å². The summed E-state index contributed by atoms with van der Waals surface area (Å²) in [7, 11) is 0. The van der Waals surface area contributed by atoms with E-state index in [4.69, 9.17) is 10.6 Å². The molecule has 1 aliphatic heterocycles. The molecule has 1 saturated heterocycles. The summed E-state index contributed by atoms with van der Waals surface area (Å²) in [6.07, 6.45) is 2.12. The molecule has 0 aromatic carbocycles. The zero-order chi connectivity index (χ0) is 9.68. The molecule has 0 radical (unpaired) electrons. The van der Waals surface area contributed by atoms with E-state index in [1.54, 1.807) is 0 Å². The highest BCUT2D eigenvalue weighted by Crippen LogP contribution is 2.23. The highest BCUT2D eigenvalue weighted by atomic mass is 16.5. The van der Waals surface area contributed by atoms with Gasteiger partial charge >= 0.3 is 0 Å². The van der Waals surface area contributed by atoms with Crippen molar-refractivity contribution in [2.75, 3.05) is 6.61 Å². The quantitative estimate of drug-likeness (QED) is 0.383. The summed E-state index contributed by atoms with van der Waals surface area (Å²) in [5, 5.41) is 0. The summed E-state index contributed by atoms with van der Waals surface area (Å²) in [6, 6.07) is 0.171. The second kappa shape index (κ2) is 5.23. The highest BCUT2D eigenvalue weighted by Gasteiger charge is 2.30. The molecule has 1 heterocycles. The summed E-state index contributed by atoms with van der Waals surface area (Å²) >= 11 is 0. The van der Waals surface area contributed by atoms with Gasteiger partial charge in [-0.2, -0.15) is 0 Å². The normalized spacial score (nSPS) is 29.5. The van der Waals surface area contributed by atoms with E-state index >= 15 is 0 Å². The lowest BCUT2D eigenvalue weighted by molar-refractivity contribution is 0.0625. The van der Waals surface area contributed by atoms with Crippen LogP contribution in [0.3, 0.4) is 0 Å². The Morgan fingerprint density at radius 3 is 2.92 bits per heavy atom. The van der Waals surface area contributed by atoms with E-state index in [-0.39, 0.29) is 12.1 Å². The maximum Gasteiger partial charge on any atom is 0.0777 e. The fourth-order valence-electron chi connectivity index (χ4n) is 1.71. The Hall–Kier alpha value is -0.560. The molecular formula is C10H18N2O. The van der Waals surface area contributed by atoms with Gasteiger partial charge in [-0.3, -0.25) is 11.3 Å². The minimum absolute atomic E-state index is 0.171. The van der Waals surface area contributed by atoms with Gasteiger partial charge in [-0.25, -0.2) is 0 Å². The number of hydrogen-bond acceptors (Lipinski definition) is 3. The predicted octanol–water partition coefficient (Wildman–Crippen LogP) is 0.657. The molecule has 1 rings (SSSR count). The van der Waals surface area contributed by atoms with E-state index in [2.05, 4.69) is 24.2 Å². The molecule has 3 atom stereocenters. The molecule has 0 aromatic rings. The summed E-state index contributed by atoms with van der Waals surface area (Å²) in [5.74, 6) is 11.9. The van der Waals surface area contributed by atoms with Gasteiger partial charge < -0.3 is 4.74 Å². The van der Waals surface area contributed by atoms with Crippen LogP contribution >= 0.6 is 0 Å². The van der Waals surface area contributed by atoms with Gasteiger partial charge in [0.05, 0.1) is 12.1 Å². The molecule has 1 aliphatic rings. The third kappa shape index (κ3) is 2.70. The first-order chi connectivity index (χ1) is 6.29. The molecule has 3 heteroatoms. The van der Waals surface area contributed by atoms with E-state index in [1.165, 1.54) is 0 Å². The van der Waals surface area contributed by atoms with E-state index in [0.29, 0.717) is 5.92 Å². The van der Waals surface area contributed by atoms with Gasteiger partial charge in [0, 0.05) is 13.0 Å². The standard InChI is InChI=1S/C10H18N2O/c1-3-4-5-9(12-11)10-8(2)6-7-13-10/h8-10,12H,5-7,11H2,1-2H3. The molecule has 13 heavy (non-hydrogen) atoms. The highest BCUT2D eigenvalue weighted by molar-refractivity contribution is 5.00. The van der Waals surface area contributed by atoms with E-state index in [9.17, 15) is 0 Å². The van der Waals surface area contributed by atoms with Gasteiger partial charge in [0.1, 0.15) is 0 Å². The van der Waals surface area contributed by atoms with Crippen molar-refractivity contribution in [3.8, 4) is 11.8 Å². The first-order valence-corrected chi connectivity index (χ1v) is 4.77. The summed E-state index contributed by atoms with van der Waals surface area (Å²) < 4.78 is 5.61. The molecule has 0 bridgehead atoms. The molecule has 3 N–H and O–H groups in total. The Kier molecular flexibility index (Phi) is 4.23. The van der Waals surface area contributed by atoms with Crippen LogP contribution < -0.4 is 11.3 Å². The molecule has 0 saturated carbocycles. The minimum Gasteiger partial charge on any atom is -0.376 e. The number of hydrogen-bond donors (Lipinski definition) is 2. The third-order valence-electron chi connectivity index (χ3n) is 2.55. The third-order valence-corrected chi connectivity index (χ3v) is 2.55. The largest absolute Gasteiger partial charge is 0.376 e. The molecule has 0 aromatic heterocycles. The number of ether oxygens (including phenoxy) is 1. The Morgan fingerprint density at radius 2 is 2.46 bits per heavy atom. The molecule has 3 nitrogen and oxygen atoms in total. The van der Waals surface area contributed by atoms with Crippen molar-refractivity contribution in [1.29, 1.82) is 0 Å². The zero-order valence-electron chi connectivity index (χ0n) is 8.34. The van der Waals surface area contributed by atoms with Crippen LogP contribution in [0.25, 0.3) is 0 Å². The average molecular weight is 182 g/mol. The van der Waals surface area contributed by atoms with Crippen molar-refractivity contribution in [3.63, 3.8) is 0 Å². The molecule has 3 unspecified atom stereocenters. The molecule has 1 fully saturated rings. The van der Waals surface area contributed by atoms with Gasteiger partial charge in [-0.15, -0.1) is 11.8 Å². The molecule has 0 amide bonds. The first kappa shape index (κ1) is 10.5. The molecule has 0 aliphatic carbocycles. The van der Waals surface area contributed by atoms with Crippen LogP contribution in [0, 0.1) is 17.8 Å². The number of nitrogens with two attached hydrogens (primary N) is 1. The summed E-state index contributed by atoms with van der Waals surface area (Å²) in [5.41, 5.74) is 2.78. The molecular weight excluding hydrogens is 164 g/mol. The lowest BCUT2D eigenvalue weighted by Crippen LogP contribution is -2.45. The van der Waals surface area contributed by atoms with Crippen LogP contribution in [-0.4, -0.2) is 18.8 Å². The second-order valence-electron chi connectivity index (χ2n) is 3.51. The smallest absolute Gasteiger partial charge is 0.0777 e. The van der Waals surface area contributed by atoms with Gasteiger partial charge in [0.15, 0.2) is 0 Å². The van der Waals surface area contributed by atoms with Crippen molar-refractivity contribution < 1.29 is 4.74 Å². The van der Waals surface area contributed by atoms with Crippen LogP contribution in [0.5, 0.6) is 0 Å². The maximum absolute atomic E-state index is 5.61. The van der Waals surface area contributed by atoms with Crippen LogP contribution in [-0.2, 0) is 4.74 Å². The van der Waals surface area contributed by atoms with Crippen LogP contribution in [0.2, 0.25) is 0 Å². The van der Waals surface area contributed by atoms with E-state index < -0.39 is 0 Å². The lowest BCUT2D eigenvalue weighted by Gasteiger charge is -2.23. The SMILES string of the molecule is CC#CCC(NN)C1OCCC1C. The fourth-order valence-corrected chi connectivity index (χ4v) is 1.71. The Balaban J connectivity index is 2.47. The molecule has 74 valence electrons. The number of nitrogens with one attached hydrogen (secondary N) is 1. The maximum atomic E-state index is 5.61. The van der Waals surface area contributed by atoms with Crippen molar-refractivity contribution >= 4 is 0 Å². The van der Waals surface area contributed by atoms with Gasteiger partial charge in [-0.1, -0.05) is 6.92 Å². The monoisotopic (exact) mass is 182 g/mol. The number of hydrazine groups is 1. The average Bonchev–Trinajstić information content (AvgIpc) is 2.54. The van der Waals surface area contributed by atoms with Crippen LogP contribution in [0.1, 0.15) is 26.7 Å². The molecule has 0 spiro atoms. The first-order valence-electron chi connectivity index (χ1n) is 4.77. The summed E-state index contributed by atoms with van der Waals surface area (Å²) in [4.78, 5) is 0. The van der Waals surface area contributed by atoms with Crippen molar-refractivity contribution in [1.82, 2.24) is 5.43 Å². The minimum atomic E-state index is 0.171. The Morgan fingerprint density at radius 1 is 1.69 bits per heavy atom. The second-order valence-corrected chi connectivity index (χ2v) is 3.51. The van der Waals surface area contributed by atoms with Gasteiger partial charge in [-0.05, 0) is 19.3 Å². The van der Waals surface area contributed by atoms with Crippen molar-refractivity contribution in [2.45, 2.75) is 38.8 Å². The Bertz CT molecular complexity index is 207. The van der Waals surface area contributed by atoms with Crippen molar-refractivity contribution in [2.24, 2.45) is 11.8 Å². The van der Waals surface area contributed by atoms with E-state index in [1.807, 2.05) is 6.92 Å². The van der Waals surface area contributed by atoms with Gasteiger partial charge in [0.25, 0.3) is 0 Å². The van der Waals surface area contributed by atoms with Crippen LogP contribution in [0.15, 0.2) is 0 Å². The predicted molar refractivity (Wildman–Crippen MR) is 52.7 cm³/mol. The zero-order valence-corrected chi connectivity index (χ0v) is 8.34. The van der Waals surface area contributed by atoms with E-state index in [0.717, 1.165) is 19.4 Å². The van der Waals surface area contributed by atoms with Crippen molar-refractivity contribution in [3.05, 3.63) is 0 Å². The summed E-state index contributed by atoms with van der Waals surface area (Å²) in [6.45, 7) is 4.89. The lowest BCUT2D eigenvalue weighted by atomic mass is 9.96. The van der Waals surface area contributed by atoms with Gasteiger partial charge in [0.2, 0.25) is 0 Å². The number of rotatable bonds is 3. The van der Waals surface area contributed by atoms with Crippen LogP contribution in [0.4, 0.5) is 0 Å². The Labute approximate surface area is 80.0 Å². The fraction of sp³-hybridized carbons (Fsp3) is 0.800.